The fraction of sp³-hybridized carbons (Fsp3) is 0.235. The fourth-order valence-corrected chi connectivity index (χ4v) is 5.18. The molecule has 1 aliphatic rings. The van der Waals surface area contributed by atoms with Crippen LogP contribution in [0.15, 0.2) is 51.1 Å². The van der Waals surface area contributed by atoms with Gasteiger partial charge in [0.2, 0.25) is 15.9 Å². The average Bonchev–Trinajstić information content (AvgIpc) is 3.41. The van der Waals surface area contributed by atoms with Crippen LogP contribution in [0.25, 0.3) is 10.8 Å². The van der Waals surface area contributed by atoms with Crippen LogP contribution in [0.1, 0.15) is 28.6 Å². The van der Waals surface area contributed by atoms with Crippen molar-refractivity contribution in [3.63, 3.8) is 0 Å². The largest absolute Gasteiger partial charge is 0.478 e. The maximum absolute atomic E-state index is 12.8. The van der Waals surface area contributed by atoms with Crippen LogP contribution < -0.4 is 0 Å². The molecule has 1 N–H and O–H groups in total. The van der Waals surface area contributed by atoms with Crippen LogP contribution in [0.4, 0.5) is 0 Å². The number of thiophene rings is 1. The SMILES string of the molecule is O=C(O)c1cccc(S(=O)(=O)N2CCC(c3nnc(-c4cccs4)o3)C2)c1. The van der Waals surface area contributed by atoms with E-state index in [0.29, 0.717) is 24.7 Å². The van der Waals surface area contributed by atoms with Gasteiger partial charge in [0, 0.05) is 13.1 Å². The summed E-state index contributed by atoms with van der Waals surface area (Å²) in [5.41, 5.74) is -0.0655. The number of nitrogens with zero attached hydrogens (tertiary/aromatic N) is 3. The Morgan fingerprint density at radius 3 is 2.85 bits per heavy atom. The monoisotopic (exact) mass is 405 g/mol. The van der Waals surface area contributed by atoms with Gasteiger partial charge in [-0.05, 0) is 36.1 Å². The maximum Gasteiger partial charge on any atom is 0.335 e. The van der Waals surface area contributed by atoms with Gasteiger partial charge in [0.25, 0.3) is 5.89 Å². The van der Waals surface area contributed by atoms with Gasteiger partial charge in [-0.15, -0.1) is 21.5 Å². The molecule has 140 valence electrons. The first-order valence-corrected chi connectivity index (χ1v) is 10.5. The summed E-state index contributed by atoms with van der Waals surface area (Å²) in [5.74, 6) is -0.521. The van der Waals surface area contributed by atoms with Crippen LogP contribution in [0.5, 0.6) is 0 Å². The van der Waals surface area contributed by atoms with Gasteiger partial charge in [0.15, 0.2) is 0 Å². The van der Waals surface area contributed by atoms with Gasteiger partial charge >= 0.3 is 5.97 Å². The highest BCUT2D eigenvalue weighted by Gasteiger charge is 2.36. The first-order chi connectivity index (χ1) is 12.9. The number of sulfonamides is 1. The van der Waals surface area contributed by atoms with E-state index in [4.69, 9.17) is 9.52 Å². The molecule has 1 saturated heterocycles. The lowest BCUT2D eigenvalue weighted by Crippen LogP contribution is -2.28. The maximum atomic E-state index is 12.8. The summed E-state index contributed by atoms with van der Waals surface area (Å²) >= 11 is 1.49. The minimum absolute atomic E-state index is 0.0344. The summed E-state index contributed by atoms with van der Waals surface area (Å²) in [5, 5.41) is 19.1. The van der Waals surface area contributed by atoms with E-state index >= 15 is 0 Å². The van der Waals surface area contributed by atoms with E-state index in [-0.39, 0.29) is 22.9 Å². The highest BCUT2D eigenvalue weighted by molar-refractivity contribution is 7.89. The number of carboxylic acid groups (broad SMARTS) is 1. The Hall–Kier alpha value is -2.56. The van der Waals surface area contributed by atoms with Crippen LogP contribution in [0.2, 0.25) is 0 Å². The van der Waals surface area contributed by atoms with Gasteiger partial charge in [0.1, 0.15) is 0 Å². The zero-order valence-electron chi connectivity index (χ0n) is 14.0. The minimum Gasteiger partial charge on any atom is -0.478 e. The number of aromatic carboxylic acids is 1. The summed E-state index contributed by atoms with van der Waals surface area (Å²) in [6.07, 6.45) is 0.559. The molecule has 1 aromatic carbocycles. The van der Waals surface area contributed by atoms with Crippen molar-refractivity contribution < 1.29 is 22.7 Å². The summed E-state index contributed by atoms with van der Waals surface area (Å²) in [6.45, 7) is 0.521. The normalized spacial score (nSPS) is 18.0. The highest BCUT2D eigenvalue weighted by atomic mass is 32.2. The molecule has 8 nitrogen and oxygen atoms in total. The van der Waals surface area contributed by atoms with Crippen LogP contribution in [-0.2, 0) is 10.0 Å². The van der Waals surface area contributed by atoms with Crippen molar-refractivity contribution in [1.29, 1.82) is 0 Å². The lowest BCUT2D eigenvalue weighted by atomic mass is 10.1. The lowest BCUT2D eigenvalue weighted by molar-refractivity contribution is 0.0696. The summed E-state index contributed by atoms with van der Waals surface area (Å²) in [4.78, 5) is 11.9. The Bertz CT molecular complexity index is 1080. The number of rotatable bonds is 5. The number of hydrogen-bond acceptors (Lipinski definition) is 7. The first-order valence-electron chi connectivity index (χ1n) is 8.16. The van der Waals surface area contributed by atoms with Gasteiger partial charge in [-0.3, -0.25) is 0 Å². The van der Waals surface area contributed by atoms with E-state index in [1.165, 1.54) is 39.9 Å². The van der Waals surface area contributed by atoms with Crippen molar-refractivity contribution in [2.45, 2.75) is 17.2 Å². The van der Waals surface area contributed by atoms with E-state index in [1.807, 2.05) is 17.5 Å². The van der Waals surface area contributed by atoms with Crippen LogP contribution in [-0.4, -0.2) is 47.1 Å². The third-order valence-corrected chi connectivity index (χ3v) is 7.11. The van der Waals surface area contributed by atoms with Gasteiger partial charge in [-0.2, -0.15) is 4.31 Å². The minimum atomic E-state index is -3.79. The van der Waals surface area contributed by atoms with Gasteiger partial charge in [-0.1, -0.05) is 12.1 Å². The van der Waals surface area contributed by atoms with Crippen molar-refractivity contribution in [3.8, 4) is 10.8 Å². The number of benzene rings is 1. The summed E-state index contributed by atoms with van der Waals surface area (Å²) < 4.78 is 32.7. The molecule has 1 atom stereocenters. The van der Waals surface area contributed by atoms with E-state index in [9.17, 15) is 13.2 Å². The third-order valence-electron chi connectivity index (χ3n) is 4.39. The summed E-state index contributed by atoms with van der Waals surface area (Å²) in [7, 11) is -3.79. The third kappa shape index (κ3) is 3.38. The molecule has 0 saturated carbocycles. The zero-order chi connectivity index (χ0) is 19.0. The molecule has 0 aliphatic carbocycles. The molecule has 1 unspecified atom stereocenters. The van der Waals surface area contributed by atoms with Crippen LogP contribution in [0, 0.1) is 0 Å². The molecule has 0 amide bonds. The zero-order valence-corrected chi connectivity index (χ0v) is 15.6. The Labute approximate surface area is 159 Å². The Kier molecular flexibility index (Phi) is 4.54. The second-order valence-corrected chi connectivity index (χ2v) is 8.99. The molecule has 2 aromatic heterocycles. The standard InChI is InChI=1S/C17H15N3O5S2/c21-17(22)11-3-1-4-13(9-11)27(23,24)20-7-6-12(10-20)15-18-19-16(25-15)14-5-2-8-26-14/h1-5,8-9,12H,6-7,10H2,(H,21,22). The quantitative estimate of drug-likeness (QED) is 0.694. The number of aromatic nitrogens is 2. The number of carbonyl (C=O) groups is 1. The second-order valence-electron chi connectivity index (χ2n) is 6.10. The van der Waals surface area contributed by atoms with Gasteiger partial charge in [-0.25, -0.2) is 13.2 Å². The number of hydrogen-bond donors (Lipinski definition) is 1. The molecule has 0 radical (unpaired) electrons. The average molecular weight is 405 g/mol. The molecule has 3 heterocycles. The Morgan fingerprint density at radius 2 is 2.11 bits per heavy atom. The highest BCUT2D eigenvalue weighted by Crippen LogP contribution is 2.32. The predicted molar refractivity (Wildman–Crippen MR) is 97.1 cm³/mol. The van der Waals surface area contributed by atoms with Crippen molar-refractivity contribution >= 4 is 27.3 Å². The molecule has 1 aliphatic heterocycles. The molecular formula is C17H15N3O5S2. The topological polar surface area (TPSA) is 114 Å². The Morgan fingerprint density at radius 1 is 1.26 bits per heavy atom. The van der Waals surface area contributed by atoms with Crippen molar-refractivity contribution in [2.24, 2.45) is 0 Å². The molecule has 4 rings (SSSR count). The van der Waals surface area contributed by atoms with E-state index < -0.39 is 16.0 Å². The van der Waals surface area contributed by atoms with Crippen molar-refractivity contribution in [3.05, 3.63) is 53.2 Å². The molecule has 0 bridgehead atoms. The lowest BCUT2D eigenvalue weighted by Gasteiger charge is -2.16. The summed E-state index contributed by atoms with van der Waals surface area (Å²) in [6, 6.07) is 9.12. The van der Waals surface area contributed by atoms with Crippen LogP contribution >= 0.6 is 11.3 Å². The molecule has 3 aromatic rings. The molecule has 1 fully saturated rings. The molecular weight excluding hydrogens is 390 g/mol. The molecule has 10 heteroatoms. The molecule has 0 spiro atoms. The van der Waals surface area contributed by atoms with Gasteiger partial charge in [0.05, 0.1) is 21.3 Å². The first kappa shape index (κ1) is 17.8. The number of carboxylic acids is 1. The van der Waals surface area contributed by atoms with E-state index in [2.05, 4.69) is 10.2 Å². The van der Waals surface area contributed by atoms with E-state index in [1.54, 1.807) is 0 Å². The second kappa shape index (κ2) is 6.87. The van der Waals surface area contributed by atoms with Crippen LogP contribution in [0.3, 0.4) is 0 Å². The van der Waals surface area contributed by atoms with Crippen molar-refractivity contribution in [1.82, 2.24) is 14.5 Å². The fourth-order valence-electron chi connectivity index (χ4n) is 2.99. The Balaban J connectivity index is 1.54. The van der Waals surface area contributed by atoms with E-state index in [0.717, 1.165) is 4.88 Å². The smallest absolute Gasteiger partial charge is 0.335 e. The molecule has 27 heavy (non-hydrogen) atoms. The van der Waals surface area contributed by atoms with Crippen molar-refractivity contribution in [2.75, 3.05) is 13.1 Å². The van der Waals surface area contributed by atoms with Gasteiger partial charge < -0.3 is 9.52 Å². The predicted octanol–water partition coefficient (Wildman–Crippen LogP) is 2.67.